The Morgan fingerprint density at radius 2 is 1.91 bits per heavy atom. The molecule has 0 atom stereocenters. The first-order valence-electron chi connectivity index (χ1n) is 4.50. The topological polar surface area (TPSA) is 9.23 Å². The Kier molecular flexibility index (Phi) is 3.84. The van der Waals surface area contributed by atoms with Gasteiger partial charge in [0, 0.05) is 0 Å². The summed E-state index contributed by atoms with van der Waals surface area (Å²) in [6, 6.07) is 0. The molecule has 0 saturated heterocycles. The van der Waals surface area contributed by atoms with Crippen LogP contribution in [0.2, 0.25) is 0 Å². The predicted molar refractivity (Wildman–Crippen MR) is 43.3 cm³/mol. The molecule has 0 aromatic rings. The van der Waals surface area contributed by atoms with E-state index in [0.717, 1.165) is 18.8 Å². The van der Waals surface area contributed by atoms with Crippen LogP contribution in [0.25, 0.3) is 0 Å². The number of ether oxygens (including phenoxy) is 1. The molecule has 1 rings (SSSR count). The number of alkyl halides is 1. The lowest BCUT2D eigenvalue weighted by Crippen LogP contribution is -2.21. The van der Waals surface area contributed by atoms with Crippen molar-refractivity contribution in [2.45, 2.75) is 38.7 Å². The zero-order valence-electron chi connectivity index (χ0n) is 7.18. The second-order valence-electron chi connectivity index (χ2n) is 3.44. The second kappa shape index (κ2) is 4.70. The fourth-order valence-corrected chi connectivity index (χ4v) is 1.61. The number of halogens is 1. The zero-order valence-corrected chi connectivity index (χ0v) is 7.18. The zero-order chi connectivity index (χ0) is 8.10. The molecule has 0 aliphatic heterocycles. The van der Waals surface area contributed by atoms with Gasteiger partial charge in [0.05, 0.1) is 12.7 Å². The van der Waals surface area contributed by atoms with Crippen molar-refractivity contribution in [2.24, 2.45) is 5.92 Å². The maximum Gasteiger partial charge on any atom is 0.113 e. The molecule has 11 heavy (non-hydrogen) atoms. The molecule has 0 bridgehead atoms. The van der Waals surface area contributed by atoms with Crippen LogP contribution < -0.4 is 0 Å². The van der Waals surface area contributed by atoms with Gasteiger partial charge in [-0.25, -0.2) is 4.39 Å². The lowest BCUT2D eigenvalue weighted by molar-refractivity contribution is 0.0134. The van der Waals surface area contributed by atoms with Gasteiger partial charge in [-0.2, -0.15) is 0 Å². The van der Waals surface area contributed by atoms with Gasteiger partial charge in [0.25, 0.3) is 0 Å². The Morgan fingerprint density at radius 1 is 1.27 bits per heavy atom. The molecule has 0 aromatic heterocycles. The highest BCUT2D eigenvalue weighted by molar-refractivity contribution is 4.69. The normalized spacial score (nSPS) is 32.2. The minimum Gasteiger partial charge on any atom is -0.376 e. The summed E-state index contributed by atoms with van der Waals surface area (Å²) in [6.07, 6.45) is 5.10. The smallest absolute Gasteiger partial charge is 0.113 e. The lowest BCUT2D eigenvalue weighted by atomic mass is 9.89. The van der Waals surface area contributed by atoms with Crippen molar-refractivity contribution in [1.29, 1.82) is 0 Å². The van der Waals surface area contributed by atoms with E-state index in [2.05, 4.69) is 6.92 Å². The first-order chi connectivity index (χ1) is 5.33. The Hall–Kier alpha value is -0.110. The maximum atomic E-state index is 11.7. The van der Waals surface area contributed by atoms with Crippen molar-refractivity contribution in [3.63, 3.8) is 0 Å². The summed E-state index contributed by atoms with van der Waals surface area (Å²) in [7, 11) is 0. The largest absolute Gasteiger partial charge is 0.376 e. The van der Waals surface area contributed by atoms with Crippen LogP contribution in [0.3, 0.4) is 0 Å². The van der Waals surface area contributed by atoms with Crippen LogP contribution in [0.4, 0.5) is 4.39 Å². The first-order valence-corrected chi connectivity index (χ1v) is 4.50. The van der Waals surface area contributed by atoms with E-state index in [-0.39, 0.29) is 6.67 Å². The highest BCUT2D eigenvalue weighted by atomic mass is 19.1. The van der Waals surface area contributed by atoms with Crippen molar-refractivity contribution < 1.29 is 9.13 Å². The predicted octanol–water partition coefficient (Wildman–Crippen LogP) is 2.55. The molecule has 0 spiro atoms. The van der Waals surface area contributed by atoms with Gasteiger partial charge in [-0.05, 0) is 31.6 Å². The molecule has 1 fully saturated rings. The van der Waals surface area contributed by atoms with Crippen molar-refractivity contribution >= 4 is 0 Å². The Bertz CT molecular complexity index is 95.0. The summed E-state index contributed by atoms with van der Waals surface area (Å²) in [6.45, 7) is 2.22. The highest BCUT2D eigenvalue weighted by Gasteiger charge is 2.17. The summed E-state index contributed by atoms with van der Waals surface area (Å²) < 4.78 is 17.0. The summed E-state index contributed by atoms with van der Waals surface area (Å²) in [5.41, 5.74) is 0. The van der Waals surface area contributed by atoms with E-state index < -0.39 is 0 Å². The van der Waals surface area contributed by atoms with Crippen LogP contribution in [0.5, 0.6) is 0 Å². The minimum atomic E-state index is -0.341. The average Bonchev–Trinajstić information content (AvgIpc) is 2.04. The van der Waals surface area contributed by atoms with Crippen LogP contribution >= 0.6 is 0 Å². The first kappa shape index (κ1) is 8.98. The average molecular weight is 160 g/mol. The van der Waals surface area contributed by atoms with Crippen LogP contribution in [0.1, 0.15) is 32.6 Å². The van der Waals surface area contributed by atoms with Gasteiger partial charge in [0.1, 0.15) is 6.67 Å². The fraction of sp³-hybridized carbons (Fsp3) is 1.00. The van der Waals surface area contributed by atoms with Gasteiger partial charge < -0.3 is 4.74 Å². The molecule has 1 nitrogen and oxygen atoms in total. The van der Waals surface area contributed by atoms with Crippen molar-refractivity contribution in [1.82, 2.24) is 0 Å². The third-order valence-electron chi connectivity index (χ3n) is 2.39. The minimum absolute atomic E-state index is 0.291. The third kappa shape index (κ3) is 3.19. The maximum absolute atomic E-state index is 11.7. The van der Waals surface area contributed by atoms with Gasteiger partial charge in [0.2, 0.25) is 0 Å². The number of rotatable bonds is 3. The van der Waals surface area contributed by atoms with E-state index in [1.807, 2.05) is 0 Å². The van der Waals surface area contributed by atoms with Gasteiger partial charge in [-0.15, -0.1) is 0 Å². The second-order valence-corrected chi connectivity index (χ2v) is 3.44. The summed E-state index contributed by atoms with van der Waals surface area (Å²) in [5, 5.41) is 0. The van der Waals surface area contributed by atoms with Gasteiger partial charge >= 0.3 is 0 Å². The highest BCUT2D eigenvalue weighted by Crippen LogP contribution is 2.25. The third-order valence-corrected chi connectivity index (χ3v) is 2.39. The molecular formula is C9H17FO. The molecule has 1 aliphatic rings. The molecule has 66 valence electrons. The van der Waals surface area contributed by atoms with E-state index in [1.165, 1.54) is 12.8 Å². The van der Waals surface area contributed by atoms with Crippen LogP contribution in [-0.2, 0) is 4.74 Å². The fourth-order valence-electron chi connectivity index (χ4n) is 1.61. The van der Waals surface area contributed by atoms with Gasteiger partial charge in [-0.1, -0.05) is 6.92 Å². The van der Waals surface area contributed by atoms with Crippen molar-refractivity contribution in [3.05, 3.63) is 0 Å². The van der Waals surface area contributed by atoms with E-state index in [1.54, 1.807) is 0 Å². The Balaban J connectivity index is 2.07. The molecule has 0 radical (unpaired) electrons. The summed E-state index contributed by atoms with van der Waals surface area (Å²) >= 11 is 0. The Morgan fingerprint density at radius 3 is 2.45 bits per heavy atom. The number of hydrogen-bond donors (Lipinski definition) is 0. The summed E-state index contributed by atoms with van der Waals surface area (Å²) in [4.78, 5) is 0. The van der Waals surface area contributed by atoms with Crippen LogP contribution in [-0.4, -0.2) is 19.4 Å². The van der Waals surface area contributed by atoms with Crippen molar-refractivity contribution in [2.75, 3.05) is 13.3 Å². The molecule has 1 saturated carbocycles. The number of hydrogen-bond acceptors (Lipinski definition) is 1. The van der Waals surface area contributed by atoms with E-state index in [4.69, 9.17) is 4.74 Å². The molecular weight excluding hydrogens is 143 g/mol. The molecule has 0 aromatic carbocycles. The Labute approximate surface area is 67.9 Å². The van der Waals surface area contributed by atoms with E-state index in [0.29, 0.717) is 12.7 Å². The van der Waals surface area contributed by atoms with E-state index in [9.17, 15) is 4.39 Å². The molecule has 2 heteroatoms. The SMILES string of the molecule is C[C@H]1CC[C@H](OCCF)CC1. The summed E-state index contributed by atoms with van der Waals surface area (Å²) in [5.74, 6) is 0.847. The molecule has 0 amide bonds. The lowest BCUT2D eigenvalue weighted by Gasteiger charge is -2.25. The molecule has 0 N–H and O–H groups in total. The van der Waals surface area contributed by atoms with Crippen molar-refractivity contribution in [3.8, 4) is 0 Å². The quantitative estimate of drug-likeness (QED) is 0.616. The van der Waals surface area contributed by atoms with Crippen LogP contribution in [0.15, 0.2) is 0 Å². The van der Waals surface area contributed by atoms with Gasteiger partial charge in [0.15, 0.2) is 0 Å². The molecule has 0 unspecified atom stereocenters. The molecule has 1 aliphatic carbocycles. The van der Waals surface area contributed by atoms with Gasteiger partial charge in [-0.3, -0.25) is 0 Å². The molecule has 0 heterocycles. The van der Waals surface area contributed by atoms with E-state index >= 15 is 0 Å². The van der Waals surface area contributed by atoms with Crippen LogP contribution in [0, 0.1) is 5.92 Å². The standard InChI is InChI=1S/C9H17FO/c1-8-2-4-9(5-3-8)11-7-6-10/h8-9H,2-7H2,1H3/t8-,9-. The monoisotopic (exact) mass is 160 g/mol.